The minimum atomic E-state index is -0.122. The molecule has 1 heterocycles. The lowest BCUT2D eigenvalue weighted by atomic mass is 9.91. The van der Waals surface area contributed by atoms with Crippen LogP contribution in [0.25, 0.3) is 0 Å². The van der Waals surface area contributed by atoms with E-state index in [-0.39, 0.29) is 11.1 Å². The molecule has 0 amide bonds. The maximum absolute atomic E-state index is 5.98. The molecule has 2 rings (SSSR count). The second-order valence-electron chi connectivity index (χ2n) is 6.32. The van der Waals surface area contributed by atoms with Crippen molar-refractivity contribution < 1.29 is 4.74 Å². The van der Waals surface area contributed by atoms with Crippen LogP contribution in [0.5, 0.6) is 0 Å². The normalized spacial score (nSPS) is 25.6. The summed E-state index contributed by atoms with van der Waals surface area (Å²) in [6.45, 7) is 6.64. The number of nitrogens with two attached hydrogens (primary N) is 1. The lowest BCUT2D eigenvalue weighted by Crippen LogP contribution is -2.54. The van der Waals surface area contributed by atoms with Gasteiger partial charge in [0.15, 0.2) is 0 Å². The van der Waals surface area contributed by atoms with Crippen LogP contribution in [-0.4, -0.2) is 30.8 Å². The first kappa shape index (κ1) is 15.8. The molecular weight excluding hydrogens is 272 g/mol. The number of nitrogens with one attached hydrogen (secondary N) is 1. The Morgan fingerprint density at radius 2 is 2.10 bits per heavy atom. The fraction of sp³-hybridized carbons (Fsp3) is 0.625. The number of halogens is 1. The third-order valence-electron chi connectivity index (χ3n) is 4.15. The van der Waals surface area contributed by atoms with Gasteiger partial charge in [-0.15, -0.1) is 0 Å². The second-order valence-corrected chi connectivity index (χ2v) is 6.76. The molecule has 1 aliphatic rings. The lowest BCUT2D eigenvalue weighted by molar-refractivity contribution is 0.0151. The minimum Gasteiger partial charge on any atom is -0.374 e. The summed E-state index contributed by atoms with van der Waals surface area (Å²) >= 11 is 5.93. The number of hydrogen-bond acceptors (Lipinski definition) is 3. The highest BCUT2D eigenvalue weighted by atomic mass is 35.5. The predicted octanol–water partition coefficient (Wildman–Crippen LogP) is 2.76. The SMILES string of the molecule is CC(CN)(Cc1ccc(Cl)cc1)NCC1(C)CCCO1. The largest absolute Gasteiger partial charge is 0.374 e. The third-order valence-corrected chi connectivity index (χ3v) is 4.40. The maximum Gasteiger partial charge on any atom is 0.0779 e. The molecule has 0 spiro atoms. The maximum atomic E-state index is 5.98. The van der Waals surface area contributed by atoms with E-state index >= 15 is 0 Å². The molecule has 2 unspecified atom stereocenters. The van der Waals surface area contributed by atoms with Gasteiger partial charge in [-0.2, -0.15) is 0 Å². The summed E-state index contributed by atoms with van der Waals surface area (Å²) in [5.74, 6) is 0. The first-order chi connectivity index (χ1) is 9.45. The fourth-order valence-corrected chi connectivity index (χ4v) is 2.76. The highest BCUT2D eigenvalue weighted by molar-refractivity contribution is 6.30. The highest BCUT2D eigenvalue weighted by Crippen LogP contribution is 2.25. The van der Waals surface area contributed by atoms with Crippen LogP contribution >= 0.6 is 11.6 Å². The van der Waals surface area contributed by atoms with Gasteiger partial charge in [0.05, 0.1) is 5.60 Å². The van der Waals surface area contributed by atoms with Crippen LogP contribution in [0.1, 0.15) is 32.3 Å². The Morgan fingerprint density at radius 1 is 1.40 bits per heavy atom. The standard InChI is InChI=1S/C16H25ClN2O/c1-15(11-18,10-13-4-6-14(17)7-5-13)19-12-16(2)8-3-9-20-16/h4-7,19H,3,8-12,18H2,1-2H3. The van der Waals surface area contributed by atoms with E-state index in [0.29, 0.717) is 6.54 Å². The summed E-state index contributed by atoms with van der Waals surface area (Å²) in [5.41, 5.74) is 7.06. The second kappa shape index (κ2) is 6.44. The molecule has 3 N–H and O–H groups in total. The van der Waals surface area contributed by atoms with Gasteiger partial charge in [0.1, 0.15) is 0 Å². The molecule has 0 aliphatic carbocycles. The summed E-state index contributed by atoms with van der Waals surface area (Å²) < 4.78 is 5.83. The van der Waals surface area contributed by atoms with Crippen molar-refractivity contribution in [1.82, 2.24) is 5.32 Å². The zero-order chi connectivity index (χ0) is 14.6. The Balaban J connectivity index is 1.95. The molecule has 0 saturated carbocycles. The smallest absolute Gasteiger partial charge is 0.0779 e. The Labute approximate surface area is 126 Å². The molecule has 4 heteroatoms. The Bertz CT molecular complexity index is 429. The van der Waals surface area contributed by atoms with Crippen LogP contribution in [-0.2, 0) is 11.2 Å². The predicted molar refractivity (Wildman–Crippen MR) is 84.2 cm³/mol. The van der Waals surface area contributed by atoms with Crippen molar-refractivity contribution in [3.05, 3.63) is 34.9 Å². The molecule has 1 fully saturated rings. The molecule has 1 saturated heterocycles. The van der Waals surface area contributed by atoms with E-state index in [1.165, 1.54) is 5.56 Å². The highest BCUT2D eigenvalue weighted by Gasteiger charge is 2.32. The van der Waals surface area contributed by atoms with Crippen LogP contribution in [0, 0.1) is 0 Å². The third kappa shape index (κ3) is 4.19. The van der Waals surface area contributed by atoms with Gasteiger partial charge < -0.3 is 15.8 Å². The van der Waals surface area contributed by atoms with E-state index in [4.69, 9.17) is 22.1 Å². The van der Waals surface area contributed by atoms with E-state index in [2.05, 4.69) is 31.3 Å². The first-order valence-electron chi connectivity index (χ1n) is 7.28. The molecule has 0 aromatic heterocycles. The Hall–Kier alpha value is -0.610. The van der Waals surface area contributed by atoms with Gasteiger partial charge in [0.25, 0.3) is 0 Å². The summed E-state index contributed by atoms with van der Waals surface area (Å²) in [5, 5.41) is 4.38. The van der Waals surface area contributed by atoms with Crippen LogP contribution in [0.2, 0.25) is 5.02 Å². The molecule has 1 aromatic carbocycles. The van der Waals surface area contributed by atoms with E-state index < -0.39 is 0 Å². The average molecular weight is 297 g/mol. The quantitative estimate of drug-likeness (QED) is 0.848. The summed E-state index contributed by atoms with van der Waals surface area (Å²) in [6.07, 6.45) is 3.15. The van der Waals surface area contributed by atoms with E-state index in [9.17, 15) is 0 Å². The van der Waals surface area contributed by atoms with Gasteiger partial charge in [0.2, 0.25) is 0 Å². The van der Waals surface area contributed by atoms with Crippen molar-refractivity contribution in [3.8, 4) is 0 Å². The fourth-order valence-electron chi connectivity index (χ4n) is 2.64. The van der Waals surface area contributed by atoms with Crippen molar-refractivity contribution in [3.63, 3.8) is 0 Å². The average Bonchev–Trinajstić information content (AvgIpc) is 2.87. The van der Waals surface area contributed by atoms with Gasteiger partial charge in [-0.1, -0.05) is 23.7 Å². The van der Waals surface area contributed by atoms with Crippen molar-refractivity contribution in [2.24, 2.45) is 5.73 Å². The summed E-state index contributed by atoms with van der Waals surface area (Å²) in [6, 6.07) is 7.97. The minimum absolute atomic E-state index is 0.0452. The van der Waals surface area contributed by atoms with Gasteiger partial charge in [-0.25, -0.2) is 0 Å². The lowest BCUT2D eigenvalue weighted by Gasteiger charge is -2.34. The van der Waals surface area contributed by atoms with Crippen molar-refractivity contribution in [2.75, 3.05) is 19.7 Å². The first-order valence-corrected chi connectivity index (χ1v) is 7.66. The van der Waals surface area contributed by atoms with E-state index in [1.54, 1.807) is 0 Å². The number of hydrogen-bond donors (Lipinski definition) is 2. The van der Waals surface area contributed by atoms with Crippen molar-refractivity contribution >= 4 is 11.6 Å². The van der Waals surface area contributed by atoms with Crippen molar-refractivity contribution in [1.29, 1.82) is 0 Å². The molecule has 0 bridgehead atoms. The number of rotatable bonds is 6. The van der Waals surface area contributed by atoms with Crippen molar-refractivity contribution in [2.45, 2.75) is 44.2 Å². The van der Waals surface area contributed by atoms with Gasteiger partial charge in [-0.05, 0) is 50.8 Å². The molecule has 1 aromatic rings. The van der Waals surface area contributed by atoms with Gasteiger partial charge in [-0.3, -0.25) is 0 Å². The Kier molecular flexibility index (Phi) is 5.08. The molecule has 1 aliphatic heterocycles. The van der Waals surface area contributed by atoms with Crippen LogP contribution in [0.15, 0.2) is 24.3 Å². The zero-order valence-electron chi connectivity index (χ0n) is 12.4. The molecule has 0 radical (unpaired) electrons. The van der Waals surface area contributed by atoms with Crippen LogP contribution in [0.4, 0.5) is 0 Å². The Morgan fingerprint density at radius 3 is 2.65 bits per heavy atom. The zero-order valence-corrected chi connectivity index (χ0v) is 13.2. The number of benzene rings is 1. The molecule has 112 valence electrons. The van der Waals surface area contributed by atoms with E-state index in [1.807, 2.05) is 12.1 Å². The number of ether oxygens (including phenoxy) is 1. The van der Waals surface area contributed by atoms with Gasteiger partial charge in [0, 0.05) is 30.3 Å². The summed E-state index contributed by atoms with van der Waals surface area (Å²) in [4.78, 5) is 0. The topological polar surface area (TPSA) is 47.3 Å². The van der Waals surface area contributed by atoms with Gasteiger partial charge >= 0.3 is 0 Å². The molecule has 3 nitrogen and oxygen atoms in total. The monoisotopic (exact) mass is 296 g/mol. The van der Waals surface area contributed by atoms with E-state index in [0.717, 1.165) is 37.4 Å². The molecule has 2 atom stereocenters. The molecule has 20 heavy (non-hydrogen) atoms. The van der Waals surface area contributed by atoms with Crippen LogP contribution in [0.3, 0.4) is 0 Å². The van der Waals surface area contributed by atoms with Crippen LogP contribution < -0.4 is 11.1 Å². The molecular formula is C16H25ClN2O. The summed E-state index contributed by atoms with van der Waals surface area (Å²) in [7, 11) is 0.